The van der Waals surface area contributed by atoms with Gasteiger partial charge in [-0.1, -0.05) is 0 Å². The first-order valence-corrected chi connectivity index (χ1v) is 7.44. The van der Waals surface area contributed by atoms with Gasteiger partial charge in [0.05, 0.1) is 0 Å². The fourth-order valence-electron chi connectivity index (χ4n) is 1.87. The molecule has 1 unspecified atom stereocenters. The predicted octanol–water partition coefficient (Wildman–Crippen LogP) is 1.41. The molecule has 1 aliphatic heterocycles. The first kappa shape index (κ1) is 13.0. The third-order valence-electron chi connectivity index (χ3n) is 2.91. The van der Waals surface area contributed by atoms with Crippen LogP contribution in [0.4, 0.5) is 17.1 Å². The zero-order valence-electron chi connectivity index (χ0n) is 10.6. The van der Waals surface area contributed by atoms with Crippen LogP contribution in [0.1, 0.15) is 11.6 Å². The SMILES string of the molecule is Cn1cc(C(N)C(=O)Nc2cccc3c2N=[Se]=N3)cn1. The summed E-state index contributed by atoms with van der Waals surface area (Å²) in [7, 11) is 1.78. The Morgan fingerprint density at radius 2 is 2.30 bits per heavy atom. The third-order valence-corrected chi connectivity index (χ3v) is 4.05. The zero-order chi connectivity index (χ0) is 14.1. The van der Waals surface area contributed by atoms with Gasteiger partial charge in [0.1, 0.15) is 0 Å². The number of nitrogens with zero attached hydrogens (tertiary/aromatic N) is 4. The van der Waals surface area contributed by atoms with Gasteiger partial charge >= 0.3 is 120 Å². The molecular formula is C12H12N6OSe. The van der Waals surface area contributed by atoms with Crippen molar-refractivity contribution in [3.8, 4) is 0 Å². The number of fused-ring (bicyclic) bond motifs is 1. The van der Waals surface area contributed by atoms with E-state index < -0.39 is 6.04 Å². The van der Waals surface area contributed by atoms with E-state index in [0.29, 0.717) is 11.3 Å². The summed E-state index contributed by atoms with van der Waals surface area (Å²) >= 11 is -0.130. The van der Waals surface area contributed by atoms with Gasteiger partial charge in [-0.2, -0.15) is 0 Å². The number of aromatic nitrogens is 2. The average Bonchev–Trinajstić information content (AvgIpc) is 3.06. The van der Waals surface area contributed by atoms with Crippen molar-refractivity contribution in [2.45, 2.75) is 6.04 Å². The van der Waals surface area contributed by atoms with Crippen molar-refractivity contribution in [2.75, 3.05) is 5.32 Å². The molecule has 0 saturated heterocycles. The van der Waals surface area contributed by atoms with Crippen LogP contribution in [0.3, 0.4) is 0 Å². The summed E-state index contributed by atoms with van der Waals surface area (Å²) in [6.45, 7) is 0. The molecular weight excluding hydrogens is 323 g/mol. The maximum absolute atomic E-state index is 12.2. The summed E-state index contributed by atoms with van der Waals surface area (Å²) in [5.74, 6) is -0.291. The molecule has 0 fully saturated rings. The average molecular weight is 335 g/mol. The quantitative estimate of drug-likeness (QED) is 0.708. The van der Waals surface area contributed by atoms with Crippen LogP contribution in [0.15, 0.2) is 38.5 Å². The molecule has 0 spiro atoms. The number of carbonyl (C=O) groups is 1. The Morgan fingerprint density at radius 3 is 3.05 bits per heavy atom. The minimum atomic E-state index is -0.761. The van der Waals surface area contributed by atoms with Crippen molar-refractivity contribution in [1.82, 2.24) is 9.78 Å². The van der Waals surface area contributed by atoms with Crippen LogP contribution in [0.5, 0.6) is 0 Å². The van der Waals surface area contributed by atoms with Crippen molar-refractivity contribution in [2.24, 2.45) is 20.7 Å². The summed E-state index contributed by atoms with van der Waals surface area (Å²) in [6.07, 6.45) is 3.31. The van der Waals surface area contributed by atoms with E-state index in [9.17, 15) is 4.79 Å². The van der Waals surface area contributed by atoms with Crippen LogP contribution in [0.2, 0.25) is 0 Å². The second-order valence-electron chi connectivity index (χ2n) is 4.35. The Bertz CT molecular complexity index is 746. The van der Waals surface area contributed by atoms with Gasteiger partial charge in [-0.15, -0.1) is 0 Å². The molecule has 0 aliphatic carbocycles. The molecule has 1 atom stereocenters. The van der Waals surface area contributed by atoms with Gasteiger partial charge in [-0.05, 0) is 0 Å². The number of benzene rings is 1. The first-order chi connectivity index (χ1) is 9.65. The Hall–Kier alpha value is -2.02. The second-order valence-corrected chi connectivity index (χ2v) is 5.46. The van der Waals surface area contributed by atoms with E-state index in [-0.39, 0.29) is 20.5 Å². The Labute approximate surface area is 120 Å². The van der Waals surface area contributed by atoms with Gasteiger partial charge in [0.25, 0.3) is 0 Å². The summed E-state index contributed by atoms with van der Waals surface area (Å²) in [5, 5.41) is 6.82. The fraction of sp³-hybridized carbons (Fsp3) is 0.167. The van der Waals surface area contributed by atoms with Crippen LogP contribution < -0.4 is 11.1 Å². The number of hydrogen-bond acceptors (Lipinski definition) is 5. The van der Waals surface area contributed by atoms with Crippen LogP contribution in [-0.4, -0.2) is 30.3 Å². The number of hydrogen-bond donors (Lipinski definition) is 2. The second kappa shape index (κ2) is 5.16. The summed E-state index contributed by atoms with van der Waals surface area (Å²) < 4.78 is 10.2. The van der Waals surface area contributed by atoms with Gasteiger partial charge in [0, 0.05) is 0 Å². The van der Waals surface area contributed by atoms with Gasteiger partial charge in [0.15, 0.2) is 0 Å². The molecule has 0 radical (unpaired) electrons. The van der Waals surface area contributed by atoms with Gasteiger partial charge in [-0.3, -0.25) is 0 Å². The molecule has 2 aromatic rings. The van der Waals surface area contributed by atoms with Crippen LogP contribution in [0, 0.1) is 0 Å². The molecule has 1 amide bonds. The molecule has 7 nitrogen and oxygen atoms in total. The molecule has 0 bridgehead atoms. The molecule has 20 heavy (non-hydrogen) atoms. The topological polar surface area (TPSA) is 97.7 Å². The van der Waals surface area contributed by atoms with Gasteiger partial charge < -0.3 is 0 Å². The van der Waals surface area contributed by atoms with E-state index in [1.54, 1.807) is 30.2 Å². The van der Waals surface area contributed by atoms with Crippen LogP contribution in [0.25, 0.3) is 0 Å². The number of amides is 1. The van der Waals surface area contributed by atoms with E-state index in [2.05, 4.69) is 18.3 Å². The minimum absolute atomic E-state index is 0.130. The number of nitrogens with two attached hydrogens (primary N) is 1. The number of anilines is 1. The Balaban J connectivity index is 1.80. The molecule has 2 heterocycles. The number of aryl methyl sites for hydroxylation is 1. The summed E-state index contributed by atoms with van der Waals surface area (Å²) in [6, 6.07) is 4.76. The molecule has 1 aromatic carbocycles. The normalized spacial score (nSPS) is 13.7. The van der Waals surface area contributed by atoms with Crippen molar-refractivity contribution in [1.29, 1.82) is 0 Å². The summed E-state index contributed by atoms with van der Waals surface area (Å²) in [4.78, 5) is 12.2. The van der Waals surface area contributed by atoms with Crippen molar-refractivity contribution < 1.29 is 4.79 Å². The number of rotatable bonds is 3. The van der Waals surface area contributed by atoms with Crippen molar-refractivity contribution in [3.63, 3.8) is 0 Å². The first-order valence-electron chi connectivity index (χ1n) is 5.91. The zero-order valence-corrected chi connectivity index (χ0v) is 12.4. The van der Waals surface area contributed by atoms with E-state index in [0.717, 1.165) is 11.4 Å². The molecule has 0 saturated carbocycles. The Morgan fingerprint density at radius 1 is 1.45 bits per heavy atom. The van der Waals surface area contributed by atoms with Crippen molar-refractivity contribution >= 4 is 37.5 Å². The van der Waals surface area contributed by atoms with E-state index in [4.69, 9.17) is 5.73 Å². The molecule has 1 aliphatic rings. The molecule has 3 rings (SSSR count). The fourth-order valence-corrected chi connectivity index (χ4v) is 3.02. The van der Waals surface area contributed by atoms with Gasteiger partial charge in [-0.25, -0.2) is 0 Å². The molecule has 1 aromatic heterocycles. The maximum atomic E-state index is 12.2. The van der Waals surface area contributed by atoms with Gasteiger partial charge in [0.2, 0.25) is 0 Å². The van der Waals surface area contributed by atoms with E-state index in [1.807, 2.05) is 12.1 Å². The van der Waals surface area contributed by atoms with E-state index in [1.165, 1.54) is 0 Å². The predicted molar refractivity (Wildman–Crippen MR) is 75.1 cm³/mol. The Kier molecular flexibility index (Phi) is 3.35. The number of nitrogens with one attached hydrogen (secondary N) is 1. The van der Waals surface area contributed by atoms with Crippen LogP contribution >= 0.6 is 0 Å². The van der Waals surface area contributed by atoms with Crippen LogP contribution in [-0.2, 0) is 11.8 Å². The molecule has 102 valence electrons. The monoisotopic (exact) mass is 336 g/mol. The standard InChI is InChI=1S/C12H12N6OSe/c1-18-6-7(5-14-18)10(13)12(19)15-8-3-2-4-9-11(8)17-20-16-9/h2-6,10H,13H2,1H3,(H,15,19). The number of carbonyl (C=O) groups excluding carboxylic acids is 1. The summed E-state index contributed by atoms with van der Waals surface area (Å²) in [5.41, 5.74) is 8.80. The molecule has 3 N–H and O–H groups in total. The third kappa shape index (κ3) is 2.36. The molecule has 8 heteroatoms. The van der Waals surface area contributed by atoms with Crippen molar-refractivity contribution in [3.05, 3.63) is 36.2 Å². The van der Waals surface area contributed by atoms with E-state index >= 15 is 0 Å².